The highest BCUT2D eigenvalue weighted by atomic mass is 16.7. The summed E-state index contributed by atoms with van der Waals surface area (Å²) in [4.78, 5) is 26.7. The van der Waals surface area contributed by atoms with Crippen molar-refractivity contribution in [1.82, 2.24) is 0 Å². The van der Waals surface area contributed by atoms with E-state index in [2.05, 4.69) is 13.5 Å². The molecule has 2 N–H and O–H groups in total. The van der Waals surface area contributed by atoms with Gasteiger partial charge in [0.2, 0.25) is 6.29 Å². The molecule has 4 saturated heterocycles. The van der Waals surface area contributed by atoms with Crippen molar-refractivity contribution in [3.05, 3.63) is 24.5 Å². The zero-order valence-electron chi connectivity index (χ0n) is 26.0. The molecule has 15 atom stereocenters. The van der Waals surface area contributed by atoms with E-state index >= 15 is 0 Å². The molecule has 242 valence electrons. The largest absolute Gasteiger partial charge is 0.469 e. The number of ether oxygens (including phenoxy) is 8. The summed E-state index contributed by atoms with van der Waals surface area (Å²) in [6.07, 6.45) is 0.634. The molecule has 5 aliphatic heterocycles. The number of hydrogen-bond donors (Lipinski definition) is 2. The number of hydrogen-bond acceptors (Lipinski definition) is 12. The van der Waals surface area contributed by atoms with Gasteiger partial charge in [0.25, 0.3) is 5.79 Å². The van der Waals surface area contributed by atoms with Crippen LogP contribution in [0.1, 0.15) is 47.0 Å². The topological polar surface area (TPSA) is 148 Å². The van der Waals surface area contributed by atoms with E-state index in [-0.39, 0.29) is 19.1 Å². The maximum absolute atomic E-state index is 13.9. The quantitative estimate of drug-likeness (QED) is 0.346. The Labute approximate surface area is 255 Å². The van der Waals surface area contributed by atoms with E-state index in [1.165, 1.54) is 20.5 Å². The van der Waals surface area contributed by atoms with Crippen molar-refractivity contribution in [1.29, 1.82) is 0 Å². The fourth-order valence-electron chi connectivity index (χ4n) is 11.9. The summed E-state index contributed by atoms with van der Waals surface area (Å²) in [6.45, 7) is 11.6. The summed E-state index contributed by atoms with van der Waals surface area (Å²) < 4.78 is 49.9. The molecule has 12 nitrogen and oxygen atoms in total. The van der Waals surface area contributed by atoms with E-state index in [4.69, 9.17) is 37.9 Å². The maximum Gasteiger partial charge on any atom is 0.366 e. The van der Waals surface area contributed by atoms with Crippen molar-refractivity contribution < 1.29 is 57.7 Å². The third-order valence-corrected chi connectivity index (χ3v) is 13.5. The summed E-state index contributed by atoms with van der Waals surface area (Å²) in [5.41, 5.74) is -7.05. The number of carbonyl (C=O) groups excluding carboxylic acids is 2. The van der Waals surface area contributed by atoms with Gasteiger partial charge in [-0.2, -0.15) is 0 Å². The zero-order chi connectivity index (χ0) is 31.5. The van der Waals surface area contributed by atoms with Crippen molar-refractivity contribution in [3.8, 4) is 0 Å². The van der Waals surface area contributed by atoms with Crippen molar-refractivity contribution in [2.45, 2.75) is 100 Å². The van der Waals surface area contributed by atoms with Crippen LogP contribution >= 0.6 is 0 Å². The van der Waals surface area contributed by atoms with E-state index in [1.807, 2.05) is 13.8 Å². The van der Waals surface area contributed by atoms with E-state index in [9.17, 15) is 19.8 Å². The Hall–Kier alpha value is -2.06. The summed E-state index contributed by atoms with van der Waals surface area (Å²) in [7, 11) is 2.70. The van der Waals surface area contributed by atoms with E-state index in [0.717, 1.165) is 0 Å². The number of esters is 2. The van der Waals surface area contributed by atoms with Gasteiger partial charge in [-0.15, -0.1) is 0 Å². The van der Waals surface area contributed by atoms with Crippen LogP contribution in [0.4, 0.5) is 0 Å². The van der Waals surface area contributed by atoms with Crippen LogP contribution in [0.5, 0.6) is 0 Å². The highest BCUT2D eigenvalue weighted by molar-refractivity contribution is 5.87. The average Bonchev–Trinajstić information content (AvgIpc) is 3.74. The molecule has 2 bridgehead atoms. The first-order chi connectivity index (χ1) is 20.7. The van der Waals surface area contributed by atoms with Gasteiger partial charge in [-0.1, -0.05) is 20.4 Å². The van der Waals surface area contributed by atoms with Gasteiger partial charge >= 0.3 is 11.9 Å². The van der Waals surface area contributed by atoms with Gasteiger partial charge in [0.15, 0.2) is 5.60 Å². The zero-order valence-corrected chi connectivity index (χ0v) is 26.0. The van der Waals surface area contributed by atoms with Crippen molar-refractivity contribution in [2.75, 3.05) is 27.4 Å². The smallest absolute Gasteiger partial charge is 0.366 e. The second-order valence-electron chi connectivity index (χ2n) is 15.1. The van der Waals surface area contributed by atoms with Gasteiger partial charge in [-0.3, -0.25) is 0 Å². The average molecular weight is 619 g/mol. The molecule has 0 unspecified atom stereocenters. The Morgan fingerprint density at radius 2 is 1.86 bits per heavy atom. The molecule has 44 heavy (non-hydrogen) atoms. The number of carbonyl (C=O) groups is 2. The van der Waals surface area contributed by atoms with Crippen LogP contribution in [0, 0.1) is 34.0 Å². The molecule has 8 aliphatic rings. The van der Waals surface area contributed by atoms with Crippen LogP contribution in [0.2, 0.25) is 0 Å². The molecule has 0 radical (unpaired) electrons. The first-order valence-electron chi connectivity index (χ1n) is 15.5. The SMILES string of the molecule is C=C(C)C(=O)O[C@@H]1CC[C@]23CO[C@](OC)(C(=O)OC)[C@H]2[C@@]2(C)[C@H](O[C@]4(C)[C@H]5C[C@H](O[C@@H]6OC=C[C@@]65O)[C@]24O)[C@@H]2OC[C@@]1(C)[C@H]23. The third kappa shape index (κ3) is 2.77. The van der Waals surface area contributed by atoms with Crippen LogP contribution in [0.15, 0.2) is 24.5 Å². The molecular formula is C32H42O12. The molecule has 1 spiro atoms. The molecule has 0 aromatic carbocycles. The standard InChI is InChI=1S/C32H42O12/c1-15(2)22(33)42-17-8-9-29-14-41-31(38-7,24(34)37-6)23(29)27(4)21(19-20(29)26(17,3)13-40-19)44-28(5)16-12-18(32(27,28)36)43-25-30(16,35)10-11-39-25/h10-11,16-21,23,25,35-36H,1,8-9,12-14H2,2-7H3/t16-,17-,18+,19-,20+,21-,23+,25+,26-,27-,28-,29-,30+,31+,32+/m1/s1. The molecule has 0 aromatic rings. The first kappa shape index (κ1) is 29.3. The van der Waals surface area contributed by atoms with E-state index in [0.29, 0.717) is 24.8 Å². The minimum absolute atomic E-state index is 0.129. The molecule has 7 fully saturated rings. The second kappa shape index (κ2) is 8.44. The predicted octanol–water partition coefficient (Wildman–Crippen LogP) is 1.37. The van der Waals surface area contributed by atoms with Crippen LogP contribution in [-0.2, 0) is 47.5 Å². The molecule has 0 aromatic heterocycles. The van der Waals surface area contributed by atoms with Crippen LogP contribution in [0.25, 0.3) is 0 Å². The van der Waals surface area contributed by atoms with Gasteiger partial charge < -0.3 is 48.1 Å². The predicted molar refractivity (Wildman–Crippen MR) is 147 cm³/mol. The normalized spacial score (nSPS) is 58.7. The summed E-state index contributed by atoms with van der Waals surface area (Å²) in [6, 6.07) is 0. The van der Waals surface area contributed by atoms with Crippen molar-refractivity contribution in [2.24, 2.45) is 34.0 Å². The summed E-state index contributed by atoms with van der Waals surface area (Å²) in [5, 5.41) is 25.3. The Morgan fingerprint density at radius 3 is 2.55 bits per heavy atom. The van der Waals surface area contributed by atoms with E-state index < -0.39 is 93.3 Å². The minimum Gasteiger partial charge on any atom is -0.469 e. The van der Waals surface area contributed by atoms with Crippen LogP contribution in [0.3, 0.4) is 0 Å². The second-order valence-corrected chi connectivity index (χ2v) is 15.1. The number of fused-ring (bicyclic) bond motifs is 11. The van der Waals surface area contributed by atoms with Gasteiger partial charge in [0, 0.05) is 46.7 Å². The molecule has 12 heteroatoms. The highest BCUT2D eigenvalue weighted by Crippen LogP contribution is 2.80. The van der Waals surface area contributed by atoms with Gasteiger partial charge in [-0.05, 0) is 39.2 Å². The fraction of sp³-hybridized carbons (Fsp3) is 0.812. The van der Waals surface area contributed by atoms with E-state index in [1.54, 1.807) is 13.0 Å². The molecule has 5 heterocycles. The number of methoxy groups -OCH3 is 2. The lowest BCUT2D eigenvalue weighted by Gasteiger charge is -2.64. The lowest BCUT2D eigenvalue weighted by molar-refractivity contribution is -0.309. The summed E-state index contributed by atoms with van der Waals surface area (Å²) >= 11 is 0. The highest BCUT2D eigenvalue weighted by Gasteiger charge is 2.92. The lowest BCUT2D eigenvalue weighted by Crippen LogP contribution is -2.76. The van der Waals surface area contributed by atoms with Gasteiger partial charge in [0.05, 0.1) is 44.9 Å². The Bertz CT molecular complexity index is 1380. The van der Waals surface area contributed by atoms with Gasteiger partial charge in [-0.25, -0.2) is 9.59 Å². The number of rotatable bonds is 4. The monoisotopic (exact) mass is 618 g/mol. The Kier molecular flexibility index (Phi) is 5.63. The lowest BCUT2D eigenvalue weighted by atomic mass is 9.38. The number of aliphatic hydroxyl groups is 2. The first-order valence-corrected chi connectivity index (χ1v) is 15.5. The third-order valence-electron chi connectivity index (χ3n) is 13.5. The maximum atomic E-state index is 13.9. The van der Waals surface area contributed by atoms with Crippen LogP contribution in [-0.4, -0.2) is 103 Å². The molecular weight excluding hydrogens is 576 g/mol. The van der Waals surface area contributed by atoms with Crippen molar-refractivity contribution >= 4 is 11.9 Å². The van der Waals surface area contributed by atoms with Gasteiger partial charge in [0.1, 0.15) is 17.3 Å². The van der Waals surface area contributed by atoms with Crippen LogP contribution < -0.4 is 0 Å². The molecule has 3 aliphatic carbocycles. The fourth-order valence-corrected chi connectivity index (χ4v) is 11.9. The molecule has 8 rings (SSSR count). The Morgan fingerprint density at radius 1 is 1.11 bits per heavy atom. The molecule has 0 amide bonds. The minimum atomic E-state index is -1.89. The molecule has 3 saturated carbocycles. The van der Waals surface area contributed by atoms with Crippen molar-refractivity contribution in [3.63, 3.8) is 0 Å². The summed E-state index contributed by atoms with van der Waals surface area (Å²) in [5.74, 6) is -4.78. The Balaban J connectivity index is 1.34.